The highest BCUT2D eigenvalue weighted by molar-refractivity contribution is 7.21. The van der Waals surface area contributed by atoms with Gasteiger partial charge in [-0.1, -0.05) is 11.3 Å². The quantitative estimate of drug-likeness (QED) is 0.271. The molecule has 0 spiro atoms. The molecule has 45 heavy (non-hydrogen) atoms. The minimum Gasteiger partial charge on any atom is -0.496 e. The van der Waals surface area contributed by atoms with Crippen LogP contribution < -0.4 is 16.0 Å². The Balaban J connectivity index is 1.57. The van der Waals surface area contributed by atoms with E-state index < -0.39 is 29.2 Å². The largest absolute Gasteiger partial charge is 0.496 e. The van der Waals surface area contributed by atoms with E-state index in [1.165, 1.54) is 58.4 Å². The van der Waals surface area contributed by atoms with Crippen molar-refractivity contribution < 1.29 is 23.4 Å². The number of fused-ring (bicyclic) bond motifs is 1. The Labute approximate surface area is 262 Å². The molecule has 2 aliphatic heterocycles. The van der Waals surface area contributed by atoms with E-state index >= 15 is 0 Å². The smallest absolute Gasteiger partial charge is 0.332 e. The van der Waals surface area contributed by atoms with Gasteiger partial charge in [0.25, 0.3) is 5.56 Å². The first-order chi connectivity index (χ1) is 21.7. The molecule has 0 bridgehead atoms. The van der Waals surface area contributed by atoms with Gasteiger partial charge in [0.05, 0.1) is 37.5 Å². The fourth-order valence-corrected chi connectivity index (χ4v) is 7.53. The summed E-state index contributed by atoms with van der Waals surface area (Å²) < 4.78 is 35.0. The second-order valence-electron chi connectivity index (χ2n) is 11.7. The number of benzene rings is 1. The van der Waals surface area contributed by atoms with E-state index in [4.69, 9.17) is 14.2 Å². The summed E-state index contributed by atoms with van der Waals surface area (Å²) in [5, 5.41) is 9.40. The molecular weight excluding hydrogens is 603 g/mol. The molecule has 2 saturated heterocycles. The fraction of sp³-hybridized carbons (Fsp3) is 0.516. The Morgan fingerprint density at radius 1 is 1.11 bits per heavy atom. The number of amides is 1. The lowest BCUT2D eigenvalue weighted by Crippen LogP contribution is -2.52. The topological polar surface area (TPSA) is 123 Å². The number of piperidine rings is 1. The fourth-order valence-electron chi connectivity index (χ4n) is 6.31. The van der Waals surface area contributed by atoms with Gasteiger partial charge in [-0.25, -0.2) is 13.8 Å². The van der Waals surface area contributed by atoms with Gasteiger partial charge in [-0.15, -0.1) is 4.80 Å². The average Bonchev–Trinajstić information content (AvgIpc) is 3.68. The van der Waals surface area contributed by atoms with Crippen LogP contribution >= 0.6 is 11.3 Å². The number of methoxy groups -OCH3 is 1. The third-order valence-electron chi connectivity index (χ3n) is 8.61. The van der Waals surface area contributed by atoms with Gasteiger partial charge in [0, 0.05) is 36.9 Å². The van der Waals surface area contributed by atoms with Crippen molar-refractivity contribution in [2.24, 2.45) is 0 Å². The maximum absolute atomic E-state index is 14.7. The Hall–Kier alpha value is -3.88. The van der Waals surface area contributed by atoms with Crippen molar-refractivity contribution in [2.75, 3.05) is 26.9 Å². The maximum Gasteiger partial charge on any atom is 0.332 e. The normalized spacial score (nSPS) is 18.7. The number of hydrogen-bond acceptors (Lipinski definition) is 9. The summed E-state index contributed by atoms with van der Waals surface area (Å²) in [4.78, 5) is 46.1. The summed E-state index contributed by atoms with van der Waals surface area (Å²) in [6, 6.07) is 3.15. The van der Waals surface area contributed by atoms with Crippen LogP contribution in [0.2, 0.25) is 0 Å². The van der Waals surface area contributed by atoms with Crippen molar-refractivity contribution >= 4 is 27.5 Å². The third kappa shape index (κ3) is 5.82. The molecule has 2 fully saturated rings. The Bertz CT molecular complexity index is 1810. The lowest BCUT2D eigenvalue weighted by atomic mass is 10.0. The number of likely N-dealkylation sites (tertiary alicyclic amines) is 1. The van der Waals surface area contributed by atoms with Crippen molar-refractivity contribution in [3.05, 3.63) is 68.4 Å². The number of aryl methyl sites for hydroxylation is 1. The van der Waals surface area contributed by atoms with Crippen molar-refractivity contribution in [1.29, 1.82) is 0 Å². The molecule has 2 unspecified atom stereocenters. The molecule has 1 aromatic carbocycles. The maximum atomic E-state index is 14.7. The van der Waals surface area contributed by atoms with Crippen molar-refractivity contribution in [3.63, 3.8) is 0 Å². The zero-order valence-electron chi connectivity index (χ0n) is 25.8. The molecular formula is C31H37FN6O6S. The highest BCUT2D eigenvalue weighted by Crippen LogP contribution is 2.36. The molecule has 2 atom stereocenters. The van der Waals surface area contributed by atoms with Gasteiger partial charge in [0.15, 0.2) is 0 Å². The first-order valence-corrected chi connectivity index (χ1v) is 16.0. The molecule has 4 aromatic rings. The zero-order chi connectivity index (χ0) is 31.8. The summed E-state index contributed by atoms with van der Waals surface area (Å²) in [6.07, 6.45) is 4.31. The number of ether oxygens (including phenoxy) is 3. The van der Waals surface area contributed by atoms with Crippen LogP contribution in [-0.4, -0.2) is 73.9 Å². The summed E-state index contributed by atoms with van der Waals surface area (Å²) in [7, 11) is 1.49. The zero-order valence-corrected chi connectivity index (χ0v) is 26.6. The molecule has 0 saturated carbocycles. The molecule has 0 aliphatic carbocycles. The number of hydrogen-bond donors (Lipinski definition) is 0. The Morgan fingerprint density at radius 2 is 1.84 bits per heavy atom. The molecule has 6 rings (SSSR count). The number of carbonyl (C=O) groups is 1. The molecule has 1 amide bonds. The Morgan fingerprint density at radius 3 is 2.53 bits per heavy atom. The highest BCUT2D eigenvalue weighted by atomic mass is 32.1. The van der Waals surface area contributed by atoms with Crippen molar-refractivity contribution in [2.45, 2.75) is 77.3 Å². The molecule has 240 valence electrons. The molecule has 2 aliphatic rings. The van der Waals surface area contributed by atoms with E-state index in [-0.39, 0.29) is 24.6 Å². The van der Waals surface area contributed by atoms with Gasteiger partial charge in [0.1, 0.15) is 33.5 Å². The SMILES string of the molecule is COc1ccc(F)cc1C(Cn1c(=O)n(C2CCCN(C(C)C)C2=O)c(=O)c2c(C)c(-n3nccn3)sc21)OC1CCOCC1. The first-order valence-electron chi connectivity index (χ1n) is 15.2. The predicted molar refractivity (Wildman–Crippen MR) is 166 cm³/mol. The highest BCUT2D eigenvalue weighted by Gasteiger charge is 2.36. The standard InChI is InChI=1S/C31H37FN6O6S/c1-18(2)35-13-5-6-23(27(35)39)37-28(40)26-19(3)29(38-33-11-12-34-38)45-30(26)36(31(37)41)17-25(44-21-9-14-43-15-10-21)22-16-20(32)7-8-24(22)42-4/h7-8,11-12,16,18,21,23,25H,5-6,9-10,13-15,17H2,1-4H3. The molecule has 0 radical (unpaired) electrons. The van der Waals surface area contributed by atoms with Gasteiger partial charge in [-0.05, 0) is 64.7 Å². The van der Waals surface area contributed by atoms with Crippen molar-refractivity contribution in [3.8, 4) is 10.8 Å². The van der Waals surface area contributed by atoms with Crippen LogP contribution in [0.4, 0.5) is 4.39 Å². The lowest BCUT2D eigenvalue weighted by Gasteiger charge is -2.35. The van der Waals surface area contributed by atoms with Crippen LogP contribution in [0, 0.1) is 12.7 Å². The van der Waals surface area contributed by atoms with E-state index in [0.29, 0.717) is 77.5 Å². The van der Waals surface area contributed by atoms with Gasteiger partial charge < -0.3 is 19.1 Å². The van der Waals surface area contributed by atoms with Crippen molar-refractivity contribution in [1.82, 2.24) is 29.0 Å². The number of halogens is 1. The molecule has 0 N–H and O–H groups in total. The lowest BCUT2D eigenvalue weighted by molar-refractivity contribution is -0.139. The van der Waals surface area contributed by atoms with Crippen LogP contribution in [0.1, 0.15) is 62.8 Å². The minimum absolute atomic E-state index is 0.0620. The summed E-state index contributed by atoms with van der Waals surface area (Å²) in [6.45, 7) is 7.16. The minimum atomic E-state index is -0.957. The predicted octanol–water partition coefficient (Wildman–Crippen LogP) is 3.77. The number of carbonyl (C=O) groups excluding carboxylic acids is 1. The van der Waals surface area contributed by atoms with Gasteiger partial charge >= 0.3 is 5.69 Å². The molecule has 5 heterocycles. The summed E-state index contributed by atoms with van der Waals surface area (Å²) in [5.74, 6) is -0.329. The first kappa shape index (κ1) is 31.1. The summed E-state index contributed by atoms with van der Waals surface area (Å²) >= 11 is 1.21. The van der Waals surface area contributed by atoms with E-state index in [1.54, 1.807) is 11.8 Å². The van der Waals surface area contributed by atoms with Crippen LogP contribution in [0.25, 0.3) is 15.2 Å². The third-order valence-corrected chi connectivity index (χ3v) is 9.89. The number of thiophene rings is 1. The van der Waals surface area contributed by atoms with E-state index in [2.05, 4.69) is 10.2 Å². The monoisotopic (exact) mass is 640 g/mol. The number of nitrogens with zero attached hydrogens (tertiary/aromatic N) is 6. The van der Waals surface area contributed by atoms with Gasteiger partial charge in [-0.3, -0.25) is 14.2 Å². The van der Waals surface area contributed by atoms with Crippen LogP contribution in [0.15, 0.2) is 40.2 Å². The Kier molecular flexibility index (Phi) is 8.89. The molecule has 14 heteroatoms. The molecule has 12 nitrogen and oxygen atoms in total. The van der Waals surface area contributed by atoms with Crippen LogP contribution in [0.3, 0.4) is 0 Å². The average molecular weight is 641 g/mol. The van der Waals surface area contributed by atoms with Crippen LogP contribution in [-0.2, 0) is 20.8 Å². The van der Waals surface area contributed by atoms with Crippen LogP contribution in [0.5, 0.6) is 5.75 Å². The summed E-state index contributed by atoms with van der Waals surface area (Å²) in [5.41, 5.74) is -0.141. The number of aromatic nitrogens is 5. The van der Waals surface area contributed by atoms with E-state index in [0.717, 1.165) is 4.57 Å². The number of rotatable bonds is 9. The van der Waals surface area contributed by atoms with E-state index in [9.17, 15) is 18.8 Å². The van der Waals surface area contributed by atoms with Gasteiger partial charge in [0.2, 0.25) is 5.91 Å². The molecule has 3 aromatic heterocycles. The second-order valence-corrected chi connectivity index (χ2v) is 12.7. The van der Waals surface area contributed by atoms with Gasteiger partial charge in [-0.2, -0.15) is 10.2 Å². The second kappa shape index (κ2) is 12.9. The van der Waals surface area contributed by atoms with E-state index in [1.807, 2.05) is 13.8 Å².